The number of rotatable bonds is 5. The minimum atomic E-state index is -0.205. The number of nitrogens with zero attached hydrogens (tertiary/aromatic N) is 4. The van der Waals surface area contributed by atoms with Crippen LogP contribution in [0, 0.1) is 5.92 Å². The number of carbonyl (C=O) groups excluding carboxylic acids is 2. The van der Waals surface area contributed by atoms with Gasteiger partial charge in [-0.2, -0.15) is 0 Å². The molecule has 8 heteroatoms. The van der Waals surface area contributed by atoms with Gasteiger partial charge in [-0.3, -0.25) is 9.59 Å². The van der Waals surface area contributed by atoms with Gasteiger partial charge >= 0.3 is 0 Å². The van der Waals surface area contributed by atoms with E-state index in [-0.39, 0.29) is 23.8 Å². The fraction of sp³-hybridized carbons (Fsp3) is 0.474. The van der Waals surface area contributed by atoms with Crippen molar-refractivity contribution in [3.8, 4) is 5.75 Å². The molecule has 0 saturated carbocycles. The lowest BCUT2D eigenvalue weighted by molar-refractivity contribution is -0.127. The third-order valence-corrected chi connectivity index (χ3v) is 4.98. The van der Waals surface area contributed by atoms with Gasteiger partial charge in [0.1, 0.15) is 12.1 Å². The second-order valence-electron chi connectivity index (χ2n) is 6.83. The van der Waals surface area contributed by atoms with E-state index in [2.05, 4.69) is 15.5 Å². The Morgan fingerprint density at radius 3 is 2.44 bits per heavy atom. The largest absolute Gasteiger partial charge is 0.497 e. The van der Waals surface area contributed by atoms with Crippen LogP contribution >= 0.6 is 0 Å². The van der Waals surface area contributed by atoms with E-state index < -0.39 is 0 Å². The maximum atomic E-state index is 12.6. The smallest absolute Gasteiger partial charge is 0.253 e. The zero-order valence-corrected chi connectivity index (χ0v) is 15.9. The molecule has 1 fully saturated rings. The van der Waals surface area contributed by atoms with Crippen LogP contribution in [0.4, 0.5) is 0 Å². The molecule has 1 aromatic heterocycles. The fourth-order valence-corrected chi connectivity index (χ4v) is 3.34. The van der Waals surface area contributed by atoms with Crippen molar-refractivity contribution >= 4 is 11.8 Å². The van der Waals surface area contributed by atoms with Crippen LogP contribution in [-0.2, 0) is 11.8 Å². The Kier molecular flexibility index (Phi) is 5.73. The van der Waals surface area contributed by atoms with Crippen LogP contribution < -0.4 is 10.1 Å². The lowest BCUT2D eigenvalue weighted by Crippen LogP contribution is -2.43. The second-order valence-corrected chi connectivity index (χ2v) is 6.83. The van der Waals surface area contributed by atoms with Gasteiger partial charge < -0.3 is 19.5 Å². The summed E-state index contributed by atoms with van der Waals surface area (Å²) < 4.78 is 6.91. The number of carbonyl (C=O) groups is 2. The average molecular weight is 371 g/mol. The molecule has 1 aromatic carbocycles. The molecule has 2 aromatic rings. The first-order valence-electron chi connectivity index (χ1n) is 9.07. The maximum Gasteiger partial charge on any atom is 0.253 e. The predicted molar refractivity (Wildman–Crippen MR) is 99.2 cm³/mol. The van der Waals surface area contributed by atoms with Gasteiger partial charge in [-0.05, 0) is 44.0 Å². The van der Waals surface area contributed by atoms with Gasteiger partial charge in [-0.25, -0.2) is 0 Å². The first kappa shape index (κ1) is 18.9. The van der Waals surface area contributed by atoms with Gasteiger partial charge in [0.15, 0.2) is 5.82 Å². The zero-order valence-electron chi connectivity index (χ0n) is 15.9. The molecule has 1 N–H and O–H groups in total. The third-order valence-electron chi connectivity index (χ3n) is 4.98. The highest BCUT2D eigenvalue weighted by atomic mass is 16.5. The number of hydrogen-bond acceptors (Lipinski definition) is 5. The van der Waals surface area contributed by atoms with Crippen molar-refractivity contribution in [1.82, 2.24) is 25.0 Å². The van der Waals surface area contributed by atoms with Crippen LogP contribution in [-0.4, -0.2) is 51.7 Å². The Morgan fingerprint density at radius 2 is 1.89 bits per heavy atom. The normalized spacial score (nSPS) is 16.0. The average Bonchev–Trinajstić information content (AvgIpc) is 3.13. The molecule has 27 heavy (non-hydrogen) atoms. The molecule has 144 valence electrons. The van der Waals surface area contributed by atoms with Crippen LogP contribution in [0.5, 0.6) is 5.75 Å². The van der Waals surface area contributed by atoms with Crippen LogP contribution in [0.3, 0.4) is 0 Å². The molecule has 3 rings (SSSR count). The molecule has 1 atom stereocenters. The summed E-state index contributed by atoms with van der Waals surface area (Å²) >= 11 is 0. The Morgan fingerprint density at radius 1 is 1.22 bits per heavy atom. The van der Waals surface area contributed by atoms with E-state index in [4.69, 9.17) is 4.74 Å². The molecule has 2 amide bonds. The van der Waals surface area contributed by atoms with Crippen LogP contribution in [0.2, 0.25) is 0 Å². The molecule has 2 heterocycles. The molecular formula is C19H25N5O3. The van der Waals surface area contributed by atoms with Gasteiger partial charge in [0.05, 0.1) is 13.2 Å². The van der Waals surface area contributed by atoms with Crippen molar-refractivity contribution in [2.75, 3.05) is 20.2 Å². The van der Waals surface area contributed by atoms with Gasteiger partial charge in [-0.1, -0.05) is 0 Å². The summed E-state index contributed by atoms with van der Waals surface area (Å²) in [5.74, 6) is 1.33. The van der Waals surface area contributed by atoms with Crippen LogP contribution in [0.1, 0.15) is 42.0 Å². The lowest BCUT2D eigenvalue weighted by Gasteiger charge is -2.32. The lowest BCUT2D eigenvalue weighted by atomic mass is 9.95. The number of aromatic nitrogens is 3. The Hall–Kier alpha value is -2.90. The number of amides is 2. The molecular weight excluding hydrogens is 346 g/mol. The molecule has 0 radical (unpaired) electrons. The molecule has 1 aliphatic heterocycles. The van der Waals surface area contributed by atoms with Crippen molar-refractivity contribution in [3.05, 3.63) is 42.0 Å². The summed E-state index contributed by atoms with van der Waals surface area (Å²) in [5, 5.41) is 10.9. The molecule has 1 aliphatic rings. The molecule has 0 spiro atoms. The summed E-state index contributed by atoms with van der Waals surface area (Å²) in [6.45, 7) is 3.03. The van der Waals surface area contributed by atoms with E-state index in [0.29, 0.717) is 31.5 Å². The van der Waals surface area contributed by atoms with Crippen molar-refractivity contribution in [2.45, 2.75) is 25.8 Å². The summed E-state index contributed by atoms with van der Waals surface area (Å²) in [4.78, 5) is 27.0. The van der Waals surface area contributed by atoms with E-state index in [1.807, 2.05) is 14.0 Å². The van der Waals surface area contributed by atoms with E-state index in [1.54, 1.807) is 47.2 Å². The van der Waals surface area contributed by atoms with E-state index >= 15 is 0 Å². The van der Waals surface area contributed by atoms with Crippen molar-refractivity contribution in [2.24, 2.45) is 13.0 Å². The number of likely N-dealkylation sites (tertiary alicyclic amines) is 1. The van der Waals surface area contributed by atoms with E-state index in [1.165, 1.54) is 0 Å². The summed E-state index contributed by atoms with van der Waals surface area (Å²) in [7, 11) is 3.44. The minimum absolute atomic E-state index is 0.00189. The highest BCUT2D eigenvalue weighted by molar-refractivity contribution is 5.94. The highest BCUT2D eigenvalue weighted by Crippen LogP contribution is 2.21. The number of aryl methyl sites for hydroxylation is 1. The number of nitrogens with one attached hydrogen (secondary N) is 1. The van der Waals surface area contributed by atoms with E-state index in [0.717, 1.165) is 11.6 Å². The van der Waals surface area contributed by atoms with Crippen LogP contribution in [0.25, 0.3) is 0 Å². The first-order chi connectivity index (χ1) is 13.0. The van der Waals surface area contributed by atoms with Crippen molar-refractivity contribution < 1.29 is 14.3 Å². The molecule has 0 aliphatic carbocycles. The summed E-state index contributed by atoms with van der Waals surface area (Å²) in [6, 6.07) is 6.89. The molecule has 8 nitrogen and oxygen atoms in total. The standard InChI is InChI=1S/C19H25N5O3/c1-13(17-22-20-12-23(17)2)21-18(25)14-8-10-24(11-9-14)19(26)15-4-6-16(27-3)7-5-15/h4-7,12-14H,8-11H2,1-3H3,(H,21,25). The van der Waals surface area contributed by atoms with Gasteiger partial charge in [0.25, 0.3) is 5.91 Å². The number of benzene rings is 1. The molecule has 0 bridgehead atoms. The molecule has 1 unspecified atom stereocenters. The van der Waals surface area contributed by atoms with Crippen LogP contribution in [0.15, 0.2) is 30.6 Å². The van der Waals surface area contributed by atoms with Gasteiger partial charge in [-0.15, -0.1) is 10.2 Å². The Labute approximate surface area is 158 Å². The SMILES string of the molecule is COc1ccc(C(=O)N2CCC(C(=O)NC(C)c3nncn3C)CC2)cc1. The number of piperidine rings is 1. The first-order valence-corrected chi connectivity index (χ1v) is 9.07. The topological polar surface area (TPSA) is 89.3 Å². The Bertz CT molecular complexity index is 794. The number of hydrogen-bond donors (Lipinski definition) is 1. The minimum Gasteiger partial charge on any atom is -0.497 e. The third kappa shape index (κ3) is 4.27. The number of ether oxygens (including phenoxy) is 1. The Balaban J connectivity index is 1.52. The fourth-order valence-electron chi connectivity index (χ4n) is 3.34. The van der Waals surface area contributed by atoms with Gasteiger partial charge in [0, 0.05) is 31.6 Å². The number of methoxy groups -OCH3 is 1. The quantitative estimate of drug-likeness (QED) is 0.861. The molecule has 1 saturated heterocycles. The van der Waals surface area contributed by atoms with Crippen molar-refractivity contribution in [3.63, 3.8) is 0 Å². The summed E-state index contributed by atoms with van der Waals surface area (Å²) in [6.07, 6.45) is 2.92. The predicted octanol–water partition coefficient (Wildman–Crippen LogP) is 1.55. The van der Waals surface area contributed by atoms with Crippen molar-refractivity contribution in [1.29, 1.82) is 0 Å². The monoisotopic (exact) mass is 371 g/mol. The van der Waals surface area contributed by atoms with Gasteiger partial charge in [0.2, 0.25) is 5.91 Å². The van der Waals surface area contributed by atoms with E-state index in [9.17, 15) is 9.59 Å². The summed E-state index contributed by atoms with van der Waals surface area (Å²) in [5.41, 5.74) is 0.634. The zero-order chi connectivity index (χ0) is 19.4. The maximum absolute atomic E-state index is 12.6. The highest BCUT2D eigenvalue weighted by Gasteiger charge is 2.29. The second kappa shape index (κ2) is 8.20.